The molecule has 23 heavy (non-hydrogen) atoms. The van der Waals surface area contributed by atoms with Crippen molar-refractivity contribution in [1.29, 1.82) is 0 Å². The quantitative estimate of drug-likeness (QED) is 0.618. The molecule has 0 aliphatic heterocycles. The maximum Gasteiger partial charge on any atom is 0.516 e. The van der Waals surface area contributed by atoms with Crippen LogP contribution in [0.5, 0.6) is 0 Å². The summed E-state index contributed by atoms with van der Waals surface area (Å²) >= 11 is 5.47. The summed E-state index contributed by atoms with van der Waals surface area (Å²) in [7, 11) is -15.4. The maximum absolute atomic E-state index is 12.3. The van der Waals surface area contributed by atoms with E-state index in [9.17, 15) is 38.4 Å². The molecule has 0 aromatic heterocycles. The summed E-state index contributed by atoms with van der Waals surface area (Å²) in [6.45, 7) is 0. The van der Waals surface area contributed by atoms with Gasteiger partial charge < -0.3 is 0 Å². The lowest BCUT2D eigenvalue weighted by atomic mass is 10.3. The van der Waals surface area contributed by atoms with Crippen molar-refractivity contribution < 1.29 is 38.4 Å². The molecule has 1 aromatic rings. The van der Waals surface area contributed by atoms with E-state index in [4.69, 9.17) is 21.9 Å². The third-order valence-electron chi connectivity index (χ3n) is 2.20. The molecule has 0 spiro atoms. The van der Waals surface area contributed by atoms with E-state index in [1.165, 1.54) is 0 Å². The molecule has 1 aromatic carbocycles. The Balaban J connectivity index is 3.73. The first-order valence-electron chi connectivity index (χ1n) is 4.95. The Morgan fingerprint density at radius 3 is 1.70 bits per heavy atom. The average Bonchev–Trinajstić information content (AvgIpc) is 2.22. The maximum atomic E-state index is 12.3. The fourth-order valence-electron chi connectivity index (χ4n) is 1.27. The number of alkyl halides is 3. The van der Waals surface area contributed by atoms with Crippen LogP contribution in [-0.4, -0.2) is 30.8 Å². The lowest BCUT2D eigenvalue weighted by molar-refractivity contribution is -0.0429. The number of anilines is 1. The van der Waals surface area contributed by atoms with Gasteiger partial charge in [-0.25, -0.2) is 27.1 Å². The van der Waals surface area contributed by atoms with Crippen LogP contribution in [0.3, 0.4) is 0 Å². The van der Waals surface area contributed by atoms with Crippen LogP contribution < -0.4 is 15.0 Å². The smallest absolute Gasteiger partial charge is 0.275 e. The first kappa shape index (κ1) is 19.9. The molecule has 0 aliphatic rings. The summed E-state index contributed by atoms with van der Waals surface area (Å²) in [5.41, 5.74) is -6.96. The van der Waals surface area contributed by atoms with Crippen LogP contribution in [-0.2, 0) is 30.1 Å². The highest BCUT2D eigenvalue weighted by Crippen LogP contribution is 2.33. The molecule has 0 unspecified atom stereocenters. The molecule has 0 radical (unpaired) electrons. The van der Waals surface area contributed by atoms with Gasteiger partial charge in [0.1, 0.15) is 9.79 Å². The van der Waals surface area contributed by atoms with Crippen LogP contribution in [0.1, 0.15) is 0 Å². The lowest BCUT2D eigenvalue weighted by Crippen LogP contribution is -2.31. The Morgan fingerprint density at radius 2 is 1.35 bits per heavy atom. The first-order valence-corrected chi connectivity index (χ1v) is 9.90. The van der Waals surface area contributed by atoms with Crippen LogP contribution in [0.25, 0.3) is 0 Å². The van der Waals surface area contributed by atoms with Crippen LogP contribution >= 0.6 is 11.6 Å². The van der Waals surface area contributed by atoms with Crippen LogP contribution in [0.4, 0.5) is 18.9 Å². The van der Waals surface area contributed by atoms with E-state index in [0.717, 1.165) is 4.72 Å². The second kappa shape index (κ2) is 5.75. The molecular formula is C7H7ClF3N3O6S3. The van der Waals surface area contributed by atoms with Crippen molar-refractivity contribution in [2.45, 2.75) is 15.3 Å². The summed E-state index contributed by atoms with van der Waals surface area (Å²) in [4.78, 5) is -2.24. The van der Waals surface area contributed by atoms with Crippen molar-refractivity contribution in [3.05, 3.63) is 17.2 Å². The number of hydrogen-bond acceptors (Lipinski definition) is 6. The molecule has 0 saturated heterocycles. The summed E-state index contributed by atoms with van der Waals surface area (Å²) in [5, 5.41) is 8.66. The van der Waals surface area contributed by atoms with Gasteiger partial charge in [-0.3, -0.25) is 4.72 Å². The number of sulfonamides is 3. The molecule has 0 aliphatic carbocycles. The number of halogens is 4. The van der Waals surface area contributed by atoms with Gasteiger partial charge in [-0.2, -0.15) is 21.6 Å². The molecule has 0 heterocycles. The molecule has 0 bridgehead atoms. The molecule has 16 heteroatoms. The number of primary sulfonamides is 2. The zero-order valence-corrected chi connectivity index (χ0v) is 13.7. The average molecular weight is 418 g/mol. The highest BCUT2D eigenvalue weighted by atomic mass is 35.5. The van der Waals surface area contributed by atoms with E-state index in [1.54, 1.807) is 0 Å². The van der Waals surface area contributed by atoms with Crippen molar-refractivity contribution in [2.24, 2.45) is 10.3 Å². The third kappa shape index (κ3) is 4.45. The largest absolute Gasteiger partial charge is 0.516 e. The van der Waals surface area contributed by atoms with Gasteiger partial charge in [0.25, 0.3) is 0 Å². The number of rotatable bonds is 4. The monoisotopic (exact) mass is 417 g/mol. The van der Waals surface area contributed by atoms with Crippen molar-refractivity contribution in [3.8, 4) is 0 Å². The fraction of sp³-hybridized carbons (Fsp3) is 0.143. The van der Waals surface area contributed by atoms with Gasteiger partial charge in [0, 0.05) is 0 Å². The van der Waals surface area contributed by atoms with Gasteiger partial charge in [-0.05, 0) is 12.1 Å². The minimum absolute atomic E-state index is 0.237. The SMILES string of the molecule is NS(=O)(=O)c1cc(S(N)(=O)=O)c(NS(=O)(=O)C(F)(F)F)cc1Cl. The van der Waals surface area contributed by atoms with Gasteiger partial charge in [-0.1, -0.05) is 11.6 Å². The van der Waals surface area contributed by atoms with Gasteiger partial charge >= 0.3 is 15.5 Å². The zero-order chi connectivity index (χ0) is 18.4. The Bertz CT molecular complexity index is 955. The summed E-state index contributed by atoms with van der Waals surface area (Å²) < 4.78 is 105. The molecular weight excluding hydrogens is 411 g/mol. The second-order valence-electron chi connectivity index (χ2n) is 3.92. The molecule has 0 amide bonds. The molecule has 132 valence electrons. The van der Waals surface area contributed by atoms with Gasteiger partial charge in [-0.15, -0.1) is 0 Å². The standard InChI is InChI=1S/C7H7ClF3N3O6S3/c8-3-1-4(14-23(19,20)7(9,10)11)6(22(13,17)18)2-5(3)21(12,15)16/h1-2,14H,(H2,12,15,16)(H2,13,17,18). The van der Waals surface area contributed by atoms with Crippen LogP contribution in [0.2, 0.25) is 5.02 Å². The third-order valence-corrected chi connectivity index (χ3v) is 5.62. The topological polar surface area (TPSA) is 166 Å². The van der Waals surface area contributed by atoms with E-state index in [1.807, 2.05) is 0 Å². The minimum Gasteiger partial charge on any atom is -0.275 e. The van der Waals surface area contributed by atoms with E-state index >= 15 is 0 Å². The Labute approximate surface area is 133 Å². The summed E-state index contributed by atoms with van der Waals surface area (Å²) in [6.07, 6.45) is 0. The zero-order valence-electron chi connectivity index (χ0n) is 10.5. The fourth-order valence-corrected chi connectivity index (χ4v) is 3.78. The van der Waals surface area contributed by atoms with E-state index in [0.29, 0.717) is 6.07 Å². The first-order chi connectivity index (χ1) is 9.97. The highest BCUT2D eigenvalue weighted by Gasteiger charge is 2.46. The van der Waals surface area contributed by atoms with E-state index < -0.39 is 56.1 Å². The predicted molar refractivity (Wildman–Crippen MR) is 72.8 cm³/mol. The summed E-state index contributed by atoms with van der Waals surface area (Å²) in [6, 6.07) is 0.561. The van der Waals surface area contributed by atoms with Crippen molar-refractivity contribution in [1.82, 2.24) is 0 Å². The Hall–Kier alpha value is -1.13. The molecule has 1 rings (SSSR count). The lowest BCUT2D eigenvalue weighted by Gasteiger charge is -2.15. The number of nitrogens with two attached hydrogens (primary N) is 2. The van der Waals surface area contributed by atoms with Gasteiger partial charge in [0.05, 0.1) is 10.7 Å². The number of hydrogen-bond donors (Lipinski definition) is 3. The Kier molecular flexibility index (Phi) is 4.98. The molecule has 0 atom stereocenters. The van der Waals surface area contributed by atoms with E-state index in [-0.39, 0.29) is 6.07 Å². The van der Waals surface area contributed by atoms with Crippen molar-refractivity contribution >= 4 is 47.4 Å². The normalized spacial score (nSPS) is 13.8. The second-order valence-corrected chi connectivity index (χ2v) is 9.06. The van der Waals surface area contributed by atoms with Crippen molar-refractivity contribution in [3.63, 3.8) is 0 Å². The number of benzene rings is 1. The number of nitrogens with one attached hydrogen (secondary N) is 1. The highest BCUT2D eigenvalue weighted by molar-refractivity contribution is 7.93. The van der Waals surface area contributed by atoms with Crippen LogP contribution in [0.15, 0.2) is 21.9 Å². The predicted octanol–water partition coefficient (Wildman–Crippen LogP) is -0.104. The summed E-state index contributed by atoms with van der Waals surface area (Å²) in [5.74, 6) is 0. The molecule has 9 nitrogen and oxygen atoms in total. The molecule has 0 fully saturated rings. The molecule has 5 N–H and O–H groups in total. The van der Waals surface area contributed by atoms with Gasteiger partial charge in [0.15, 0.2) is 0 Å². The van der Waals surface area contributed by atoms with Gasteiger partial charge in [0.2, 0.25) is 20.0 Å². The Morgan fingerprint density at radius 1 is 0.913 bits per heavy atom. The van der Waals surface area contributed by atoms with E-state index in [2.05, 4.69) is 0 Å². The minimum atomic E-state index is -6.01. The van der Waals surface area contributed by atoms with Crippen molar-refractivity contribution in [2.75, 3.05) is 4.72 Å². The van der Waals surface area contributed by atoms with Crippen LogP contribution in [0, 0.1) is 0 Å². The molecule has 0 saturated carbocycles.